The van der Waals surface area contributed by atoms with E-state index in [4.69, 9.17) is 0 Å². The summed E-state index contributed by atoms with van der Waals surface area (Å²) >= 11 is 0. The Balaban J connectivity index is 2.09. The second kappa shape index (κ2) is 4.06. The van der Waals surface area contributed by atoms with E-state index in [1.54, 1.807) is 12.3 Å². The van der Waals surface area contributed by atoms with Gasteiger partial charge in [-0.25, -0.2) is 4.98 Å². The summed E-state index contributed by atoms with van der Waals surface area (Å²) in [5.41, 5.74) is 3.28. The van der Waals surface area contributed by atoms with Crippen LogP contribution in [-0.4, -0.2) is 14.4 Å². The second-order valence-corrected chi connectivity index (χ2v) is 4.68. The van der Waals surface area contributed by atoms with Crippen molar-refractivity contribution in [3.05, 3.63) is 71.3 Å². The van der Waals surface area contributed by atoms with Crippen LogP contribution < -0.4 is 5.43 Å². The lowest BCUT2D eigenvalue weighted by molar-refractivity contribution is 1.19. The Hall–Kier alpha value is -2.88. The van der Waals surface area contributed by atoms with Gasteiger partial charge in [-0.1, -0.05) is 30.3 Å². The highest BCUT2D eigenvalue weighted by Crippen LogP contribution is 2.19. The fourth-order valence-corrected chi connectivity index (χ4v) is 2.49. The maximum atomic E-state index is 12.4. The quantitative estimate of drug-likeness (QED) is 0.573. The minimum atomic E-state index is -0.0191. The molecular weight excluding hydrogens is 250 g/mol. The first kappa shape index (κ1) is 11.0. The first-order valence-electron chi connectivity index (χ1n) is 6.37. The van der Waals surface area contributed by atoms with Crippen molar-refractivity contribution in [2.75, 3.05) is 0 Å². The number of hydrogen-bond acceptors (Lipinski definition) is 2. The fourth-order valence-electron chi connectivity index (χ4n) is 2.49. The third-order valence-corrected chi connectivity index (χ3v) is 3.44. The van der Waals surface area contributed by atoms with E-state index in [0.717, 1.165) is 16.8 Å². The molecule has 3 heterocycles. The standard InChI is InChI=1S/C16H11N3O/c20-14-10-13(11-4-2-1-3-5-11)18-12-6-8-19-9-7-17-16(19)15(12)14/h1-10H,(H,18,20). The fraction of sp³-hybridized carbons (Fsp3) is 0. The highest BCUT2D eigenvalue weighted by molar-refractivity contribution is 5.92. The van der Waals surface area contributed by atoms with E-state index in [-0.39, 0.29) is 5.43 Å². The molecule has 0 spiro atoms. The lowest BCUT2D eigenvalue weighted by atomic mass is 10.1. The van der Waals surface area contributed by atoms with E-state index in [9.17, 15) is 4.79 Å². The van der Waals surface area contributed by atoms with Gasteiger partial charge in [0.15, 0.2) is 5.43 Å². The molecule has 4 nitrogen and oxygen atoms in total. The zero-order valence-electron chi connectivity index (χ0n) is 10.6. The molecule has 0 atom stereocenters. The summed E-state index contributed by atoms with van der Waals surface area (Å²) in [5.74, 6) is 0. The van der Waals surface area contributed by atoms with Gasteiger partial charge in [-0.15, -0.1) is 0 Å². The highest BCUT2D eigenvalue weighted by atomic mass is 16.1. The van der Waals surface area contributed by atoms with Gasteiger partial charge in [0.25, 0.3) is 0 Å². The molecule has 96 valence electrons. The summed E-state index contributed by atoms with van der Waals surface area (Å²) in [5, 5.41) is 0.622. The van der Waals surface area contributed by atoms with Crippen LogP contribution in [0.2, 0.25) is 0 Å². The van der Waals surface area contributed by atoms with Crippen LogP contribution in [0.4, 0.5) is 0 Å². The van der Waals surface area contributed by atoms with Crippen molar-refractivity contribution < 1.29 is 0 Å². The molecule has 0 aliphatic carbocycles. The van der Waals surface area contributed by atoms with Gasteiger partial charge in [0.1, 0.15) is 5.65 Å². The predicted molar refractivity (Wildman–Crippen MR) is 78.8 cm³/mol. The van der Waals surface area contributed by atoms with Crippen molar-refractivity contribution in [3.8, 4) is 11.3 Å². The molecule has 0 saturated heterocycles. The molecule has 0 radical (unpaired) electrons. The first-order chi connectivity index (χ1) is 9.83. The normalized spacial score (nSPS) is 11.2. The summed E-state index contributed by atoms with van der Waals surface area (Å²) in [7, 11) is 0. The molecule has 0 aliphatic heterocycles. The van der Waals surface area contributed by atoms with Gasteiger partial charge in [-0.05, 0) is 11.6 Å². The second-order valence-electron chi connectivity index (χ2n) is 4.68. The van der Waals surface area contributed by atoms with Crippen molar-refractivity contribution >= 4 is 16.6 Å². The molecule has 4 rings (SSSR count). The van der Waals surface area contributed by atoms with E-state index in [1.807, 2.05) is 53.2 Å². The van der Waals surface area contributed by atoms with E-state index in [2.05, 4.69) is 9.97 Å². The average Bonchev–Trinajstić information content (AvgIpc) is 2.96. The number of fused-ring (bicyclic) bond motifs is 3. The van der Waals surface area contributed by atoms with Gasteiger partial charge >= 0.3 is 0 Å². The number of nitrogens with one attached hydrogen (secondary N) is 1. The first-order valence-corrected chi connectivity index (χ1v) is 6.37. The predicted octanol–water partition coefficient (Wildman–Crippen LogP) is 2.84. The number of imidazole rings is 1. The number of aromatic amines is 1. The van der Waals surface area contributed by atoms with Crippen LogP contribution in [0.3, 0.4) is 0 Å². The molecule has 4 heteroatoms. The number of H-pyrrole nitrogens is 1. The molecule has 1 N–H and O–H groups in total. The average molecular weight is 261 g/mol. The molecule has 1 aromatic carbocycles. The maximum Gasteiger partial charge on any atom is 0.193 e. The Bertz CT molecular complexity index is 967. The molecule has 20 heavy (non-hydrogen) atoms. The van der Waals surface area contributed by atoms with Gasteiger partial charge in [0.2, 0.25) is 0 Å². The van der Waals surface area contributed by atoms with Crippen LogP contribution in [0.15, 0.2) is 65.8 Å². The smallest absolute Gasteiger partial charge is 0.193 e. The van der Waals surface area contributed by atoms with Gasteiger partial charge < -0.3 is 9.38 Å². The van der Waals surface area contributed by atoms with Crippen molar-refractivity contribution in [1.29, 1.82) is 0 Å². The van der Waals surface area contributed by atoms with Crippen LogP contribution in [0.25, 0.3) is 27.8 Å². The number of hydrogen-bond donors (Lipinski definition) is 1. The Morgan fingerprint density at radius 3 is 2.75 bits per heavy atom. The van der Waals surface area contributed by atoms with Crippen LogP contribution in [0.1, 0.15) is 0 Å². The van der Waals surface area contributed by atoms with Crippen LogP contribution in [0.5, 0.6) is 0 Å². The van der Waals surface area contributed by atoms with E-state index < -0.39 is 0 Å². The Morgan fingerprint density at radius 2 is 1.90 bits per heavy atom. The summed E-state index contributed by atoms with van der Waals surface area (Å²) in [6.07, 6.45) is 5.42. The van der Waals surface area contributed by atoms with Crippen LogP contribution in [-0.2, 0) is 0 Å². The number of aromatic nitrogens is 3. The highest BCUT2D eigenvalue weighted by Gasteiger charge is 2.08. The van der Waals surface area contributed by atoms with Crippen molar-refractivity contribution in [2.45, 2.75) is 0 Å². The van der Waals surface area contributed by atoms with E-state index >= 15 is 0 Å². The minimum Gasteiger partial charge on any atom is -0.354 e. The molecule has 0 amide bonds. The molecule has 0 saturated carbocycles. The number of nitrogens with zero attached hydrogens (tertiary/aromatic N) is 2. The number of rotatable bonds is 1. The van der Waals surface area contributed by atoms with Crippen LogP contribution >= 0.6 is 0 Å². The Kier molecular flexibility index (Phi) is 2.23. The molecule has 0 bridgehead atoms. The van der Waals surface area contributed by atoms with Gasteiger partial charge in [0.05, 0.1) is 10.9 Å². The van der Waals surface area contributed by atoms with Gasteiger partial charge in [0, 0.05) is 30.4 Å². The largest absolute Gasteiger partial charge is 0.354 e. The topological polar surface area (TPSA) is 50.2 Å². The molecule has 3 aromatic heterocycles. The zero-order valence-corrected chi connectivity index (χ0v) is 10.6. The Labute approximate surface area is 114 Å². The van der Waals surface area contributed by atoms with Gasteiger partial charge in [-0.3, -0.25) is 4.79 Å². The summed E-state index contributed by atoms with van der Waals surface area (Å²) < 4.78 is 1.85. The number of pyridine rings is 2. The molecule has 0 fully saturated rings. The lowest BCUT2D eigenvalue weighted by Gasteiger charge is -2.05. The maximum absolute atomic E-state index is 12.4. The molecular formula is C16H11N3O. The monoisotopic (exact) mass is 261 g/mol. The molecule has 0 aliphatic rings. The van der Waals surface area contributed by atoms with Crippen LogP contribution in [0, 0.1) is 0 Å². The van der Waals surface area contributed by atoms with Gasteiger partial charge in [-0.2, -0.15) is 0 Å². The van der Waals surface area contributed by atoms with Crippen molar-refractivity contribution in [3.63, 3.8) is 0 Å². The zero-order chi connectivity index (χ0) is 13.5. The summed E-state index contributed by atoms with van der Waals surface area (Å²) in [6, 6.07) is 13.3. The van der Waals surface area contributed by atoms with Crippen molar-refractivity contribution in [1.82, 2.24) is 14.4 Å². The Morgan fingerprint density at radius 1 is 1.05 bits per heavy atom. The summed E-state index contributed by atoms with van der Waals surface area (Å²) in [6.45, 7) is 0. The van der Waals surface area contributed by atoms with E-state index in [1.165, 1.54) is 0 Å². The van der Waals surface area contributed by atoms with Crippen molar-refractivity contribution in [2.24, 2.45) is 0 Å². The number of benzene rings is 1. The third kappa shape index (κ3) is 1.55. The summed E-state index contributed by atoms with van der Waals surface area (Å²) in [4.78, 5) is 20.0. The molecule has 0 unspecified atom stereocenters. The van der Waals surface area contributed by atoms with E-state index in [0.29, 0.717) is 11.0 Å². The minimum absolute atomic E-state index is 0.0191. The molecule has 4 aromatic rings. The SMILES string of the molecule is O=c1cc(-c2ccccc2)[nH]c2ccn3ccnc3c12. The third-order valence-electron chi connectivity index (χ3n) is 3.44. The lowest BCUT2D eigenvalue weighted by Crippen LogP contribution is -2.05.